The highest BCUT2D eigenvalue weighted by molar-refractivity contribution is 7.89. The molecule has 0 bridgehead atoms. The quantitative estimate of drug-likeness (QED) is 0.786. The number of rotatable bonds is 4. The van der Waals surface area contributed by atoms with Crippen LogP contribution in [0.15, 0.2) is 23.1 Å². The maximum atomic E-state index is 12.4. The van der Waals surface area contributed by atoms with Gasteiger partial charge in [0.1, 0.15) is 5.75 Å². The van der Waals surface area contributed by atoms with Gasteiger partial charge in [0, 0.05) is 19.2 Å². The van der Waals surface area contributed by atoms with E-state index < -0.39 is 15.6 Å². The molecule has 6 nitrogen and oxygen atoms in total. The van der Waals surface area contributed by atoms with Gasteiger partial charge in [-0.15, -0.1) is 0 Å². The van der Waals surface area contributed by atoms with Crippen molar-refractivity contribution in [3.05, 3.63) is 18.2 Å². The Balaban J connectivity index is 1.82. The molecule has 2 fully saturated rings. The summed E-state index contributed by atoms with van der Waals surface area (Å²) < 4.78 is 31.2. The van der Waals surface area contributed by atoms with E-state index in [2.05, 4.69) is 0 Å². The van der Waals surface area contributed by atoms with Crippen LogP contribution in [0.25, 0.3) is 0 Å². The van der Waals surface area contributed by atoms with E-state index >= 15 is 0 Å². The van der Waals surface area contributed by atoms with Crippen LogP contribution in [0.3, 0.4) is 0 Å². The molecule has 1 heterocycles. The first-order valence-electron chi connectivity index (χ1n) is 6.53. The van der Waals surface area contributed by atoms with Crippen LogP contribution in [0.4, 0.5) is 5.69 Å². The van der Waals surface area contributed by atoms with Crippen molar-refractivity contribution in [3.63, 3.8) is 0 Å². The number of aliphatic hydroxyl groups is 1. The molecule has 1 saturated heterocycles. The standard InChI is InChI=1S/C13H18N2O4S/c1-19-12-6-10(4-5-11(12)14)20(17,18)15-7-13(16,8-15)9-2-3-9/h4-6,9,16H,2-3,7-8,14H2,1H3. The molecule has 1 saturated carbocycles. The topological polar surface area (TPSA) is 92.9 Å². The van der Waals surface area contributed by atoms with E-state index in [1.54, 1.807) is 0 Å². The van der Waals surface area contributed by atoms with Gasteiger partial charge in [0.15, 0.2) is 0 Å². The second-order valence-corrected chi connectivity index (χ2v) is 7.49. The van der Waals surface area contributed by atoms with Crippen molar-refractivity contribution < 1.29 is 18.3 Å². The molecule has 0 aromatic heterocycles. The van der Waals surface area contributed by atoms with Crippen LogP contribution >= 0.6 is 0 Å². The van der Waals surface area contributed by atoms with Crippen molar-refractivity contribution in [1.82, 2.24) is 4.31 Å². The molecule has 1 aromatic rings. The normalized spacial score (nSPS) is 22.3. The van der Waals surface area contributed by atoms with Crippen molar-refractivity contribution in [2.24, 2.45) is 5.92 Å². The molecule has 0 atom stereocenters. The van der Waals surface area contributed by atoms with Crippen LogP contribution in [0, 0.1) is 5.92 Å². The summed E-state index contributed by atoms with van der Waals surface area (Å²) in [5.74, 6) is 0.596. The Bertz CT molecular complexity index is 634. The number of benzene rings is 1. The third kappa shape index (κ3) is 2.06. The van der Waals surface area contributed by atoms with Crippen LogP contribution in [-0.2, 0) is 10.0 Å². The second-order valence-electron chi connectivity index (χ2n) is 5.55. The Hall–Kier alpha value is -1.31. The van der Waals surface area contributed by atoms with Crippen LogP contribution < -0.4 is 10.5 Å². The Morgan fingerprint density at radius 2 is 2.05 bits per heavy atom. The number of ether oxygens (including phenoxy) is 1. The highest BCUT2D eigenvalue weighted by Gasteiger charge is 2.55. The van der Waals surface area contributed by atoms with Gasteiger partial charge >= 0.3 is 0 Å². The number of nitrogens with zero attached hydrogens (tertiary/aromatic N) is 1. The van der Waals surface area contributed by atoms with Gasteiger partial charge in [-0.2, -0.15) is 4.31 Å². The summed E-state index contributed by atoms with van der Waals surface area (Å²) in [4.78, 5) is 0.140. The summed E-state index contributed by atoms with van der Waals surface area (Å²) in [5, 5.41) is 10.2. The molecule has 7 heteroatoms. The number of β-amino-alcohol motifs (C(OH)–C–C–N with tert-alkyl or cyclic N) is 1. The van der Waals surface area contributed by atoms with E-state index in [4.69, 9.17) is 10.5 Å². The van der Waals surface area contributed by atoms with Gasteiger partial charge in [-0.1, -0.05) is 0 Å². The van der Waals surface area contributed by atoms with Crippen molar-refractivity contribution in [3.8, 4) is 5.75 Å². The van der Waals surface area contributed by atoms with E-state index in [-0.39, 0.29) is 23.9 Å². The Kier molecular flexibility index (Phi) is 2.97. The summed E-state index contributed by atoms with van der Waals surface area (Å²) >= 11 is 0. The van der Waals surface area contributed by atoms with Gasteiger partial charge in [-0.3, -0.25) is 0 Å². The van der Waals surface area contributed by atoms with Crippen LogP contribution in [-0.4, -0.2) is 43.6 Å². The zero-order valence-electron chi connectivity index (χ0n) is 11.2. The molecule has 1 aliphatic carbocycles. The smallest absolute Gasteiger partial charge is 0.243 e. The molecular formula is C13H18N2O4S. The first-order valence-corrected chi connectivity index (χ1v) is 7.97. The fourth-order valence-electron chi connectivity index (χ4n) is 2.61. The van der Waals surface area contributed by atoms with Crippen LogP contribution in [0.2, 0.25) is 0 Å². The Labute approximate surface area is 118 Å². The number of anilines is 1. The molecule has 0 spiro atoms. The molecule has 0 unspecified atom stereocenters. The molecule has 3 rings (SSSR count). The van der Waals surface area contributed by atoms with Gasteiger partial charge in [-0.05, 0) is 30.9 Å². The van der Waals surface area contributed by atoms with E-state index in [1.165, 1.54) is 29.6 Å². The summed E-state index contributed by atoms with van der Waals surface area (Å²) in [7, 11) is -2.15. The second kappa shape index (κ2) is 4.34. The Morgan fingerprint density at radius 1 is 1.40 bits per heavy atom. The summed E-state index contributed by atoms with van der Waals surface area (Å²) in [6, 6.07) is 4.39. The zero-order valence-corrected chi connectivity index (χ0v) is 12.1. The van der Waals surface area contributed by atoms with Crippen molar-refractivity contribution in [2.75, 3.05) is 25.9 Å². The molecule has 1 aliphatic heterocycles. The summed E-state index contributed by atoms with van der Waals surface area (Å²) in [6.07, 6.45) is 1.97. The maximum Gasteiger partial charge on any atom is 0.243 e. The number of nitrogens with two attached hydrogens (primary N) is 1. The predicted molar refractivity (Wildman–Crippen MR) is 73.8 cm³/mol. The predicted octanol–water partition coefficient (Wildman–Crippen LogP) is 0.423. The first kappa shape index (κ1) is 13.7. The number of methoxy groups -OCH3 is 1. The van der Waals surface area contributed by atoms with Gasteiger partial charge < -0.3 is 15.6 Å². The minimum absolute atomic E-state index is 0.140. The number of hydrogen-bond donors (Lipinski definition) is 2. The molecule has 1 aromatic carbocycles. The Morgan fingerprint density at radius 3 is 2.60 bits per heavy atom. The van der Waals surface area contributed by atoms with Gasteiger partial charge in [0.25, 0.3) is 0 Å². The zero-order chi connectivity index (χ0) is 14.5. The minimum Gasteiger partial charge on any atom is -0.495 e. The minimum atomic E-state index is -3.59. The third-order valence-electron chi connectivity index (χ3n) is 4.08. The molecule has 2 aliphatic rings. The average molecular weight is 298 g/mol. The lowest BCUT2D eigenvalue weighted by atomic mass is 9.91. The molecule has 3 N–H and O–H groups in total. The van der Waals surface area contributed by atoms with E-state index in [0.717, 1.165) is 12.8 Å². The van der Waals surface area contributed by atoms with E-state index in [9.17, 15) is 13.5 Å². The number of hydrogen-bond acceptors (Lipinski definition) is 5. The molecule has 0 amide bonds. The van der Waals surface area contributed by atoms with Crippen LogP contribution in [0.1, 0.15) is 12.8 Å². The van der Waals surface area contributed by atoms with E-state index in [1.807, 2.05) is 0 Å². The highest BCUT2D eigenvalue weighted by atomic mass is 32.2. The fraction of sp³-hybridized carbons (Fsp3) is 0.538. The molecule has 0 radical (unpaired) electrons. The monoisotopic (exact) mass is 298 g/mol. The first-order chi connectivity index (χ1) is 9.37. The van der Waals surface area contributed by atoms with Crippen molar-refractivity contribution in [2.45, 2.75) is 23.3 Å². The maximum absolute atomic E-state index is 12.4. The lowest BCUT2D eigenvalue weighted by Gasteiger charge is -2.45. The lowest BCUT2D eigenvalue weighted by Crippen LogP contribution is -2.64. The molecule has 20 heavy (non-hydrogen) atoms. The van der Waals surface area contributed by atoms with Crippen LogP contribution in [0.5, 0.6) is 5.75 Å². The highest BCUT2D eigenvalue weighted by Crippen LogP contribution is 2.46. The fourth-order valence-corrected chi connectivity index (χ4v) is 4.20. The van der Waals surface area contributed by atoms with Crippen molar-refractivity contribution in [1.29, 1.82) is 0 Å². The number of sulfonamides is 1. The third-order valence-corrected chi connectivity index (χ3v) is 5.87. The summed E-state index contributed by atoms with van der Waals surface area (Å²) in [6.45, 7) is 0.347. The molecular weight excluding hydrogens is 280 g/mol. The number of nitrogen functional groups attached to an aromatic ring is 1. The SMILES string of the molecule is COc1cc(S(=O)(=O)N2CC(O)(C3CC3)C2)ccc1N. The van der Waals surface area contributed by atoms with Crippen molar-refractivity contribution >= 4 is 15.7 Å². The largest absolute Gasteiger partial charge is 0.495 e. The lowest BCUT2D eigenvalue weighted by molar-refractivity contribution is -0.0764. The van der Waals surface area contributed by atoms with E-state index in [0.29, 0.717) is 11.4 Å². The molecule has 110 valence electrons. The average Bonchev–Trinajstić information content (AvgIpc) is 3.19. The van der Waals surface area contributed by atoms with Gasteiger partial charge in [0.2, 0.25) is 10.0 Å². The van der Waals surface area contributed by atoms with Gasteiger partial charge in [0.05, 0.1) is 23.3 Å². The van der Waals surface area contributed by atoms with Gasteiger partial charge in [-0.25, -0.2) is 8.42 Å². The summed E-state index contributed by atoms with van der Waals surface area (Å²) in [5.41, 5.74) is 5.25.